The molecule has 0 saturated carbocycles. The molecule has 1 aromatic rings. The lowest BCUT2D eigenvalue weighted by Gasteiger charge is -1.99. The molecule has 2 nitrogen and oxygen atoms in total. The standard InChI is InChI=1S/C10H11NO/c1-4-10(12)9-6-7(2)5-8(3)11-9/h4-6H,1H2,2-3H3. The fraction of sp³-hybridized carbons (Fsp3) is 0.200. The van der Waals surface area contributed by atoms with Crippen LogP contribution in [0.5, 0.6) is 0 Å². The molecule has 0 radical (unpaired) electrons. The largest absolute Gasteiger partial charge is 0.288 e. The Bertz CT molecular complexity index is 308. The minimum Gasteiger partial charge on any atom is -0.288 e. The molecule has 0 amide bonds. The van der Waals surface area contributed by atoms with E-state index in [1.807, 2.05) is 19.9 Å². The van der Waals surface area contributed by atoms with Crippen LogP contribution >= 0.6 is 0 Å². The molecule has 0 N–H and O–H groups in total. The van der Waals surface area contributed by atoms with Crippen molar-refractivity contribution < 1.29 is 4.79 Å². The number of carbonyl (C=O) groups is 1. The first-order chi connectivity index (χ1) is 5.63. The fourth-order valence-electron chi connectivity index (χ4n) is 1.07. The normalized spacial score (nSPS) is 9.50. The predicted octanol–water partition coefficient (Wildman–Crippen LogP) is 2.07. The third-order valence-electron chi connectivity index (χ3n) is 1.54. The zero-order chi connectivity index (χ0) is 9.14. The number of hydrogen-bond donors (Lipinski definition) is 0. The summed E-state index contributed by atoms with van der Waals surface area (Å²) in [5.74, 6) is -0.123. The molecule has 0 unspecified atom stereocenters. The highest BCUT2D eigenvalue weighted by Gasteiger charge is 2.03. The van der Waals surface area contributed by atoms with Gasteiger partial charge in [0.05, 0.1) is 0 Å². The zero-order valence-corrected chi connectivity index (χ0v) is 7.29. The Balaban J connectivity index is 3.17. The number of allylic oxidation sites excluding steroid dienone is 1. The van der Waals surface area contributed by atoms with E-state index in [0.29, 0.717) is 5.69 Å². The molecule has 12 heavy (non-hydrogen) atoms. The first-order valence-corrected chi connectivity index (χ1v) is 3.75. The maximum atomic E-state index is 11.1. The molecule has 0 atom stereocenters. The van der Waals surface area contributed by atoms with Crippen molar-refractivity contribution in [3.63, 3.8) is 0 Å². The number of aryl methyl sites for hydroxylation is 2. The molecule has 0 aliphatic rings. The first kappa shape index (κ1) is 8.65. The molecule has 0 aliphatic carbocycles. The average Bonchev–Trinajstić information content (AvgIpc) is 2.01. The van der Waals surface area contributed by atoms with Crippen molar-refractivity contribution in [2.75, 3.05) is 0 Å². The Morgan fingerprint density at radius 1 is 1.50 bits per heavy atom. The summed E-state index contributed by atoms with van der Waals surface area (Å²) in [5, 5.41) is 0. The van der Waals surface area contributed by atoms with Crippen LogP contribution in [0.2, 0.25) is 0 Å². The molecule has 62 valence electrons. The smallest absolute Gasteiger partial charge is 0.203 e. The van der Waals surface area contributed by atoms with Gasteiger partial charge < -0.3 is 0 Å². The van der Waals surface area contributed by atoms with Crippen LogP contribution in [0.3, 0.4) is 0 Å². The lowest BCUT2D eigenvalue weighted by Crippen LogP contribution is -1.99. The molecule has 0 aromatic carbocycles. The second kappa shape index (κ2) is 3.30. The highest BCUT2D eigenvalue weighted by Crippen LogP contribution is 2.04. The van der Waals surface area contributed by atoms with Crippen LogP contribution in [0.25, 0.3) is 0 Å². The van der Waals surface area contributed by atoms with Gasteiger partial charge in [0.1, 0.15) is 5.69 Å². The lowest BCUT2D eigenvalue weighted by molar-refractivity contribution is 0.104. The number of carbonyl (C=O) groups excluding carboxylic acids is 1. The Labute approximate surface area is 71.9 Å². The summed E-state index contributed by atoms with van der Waals surface area (Å²) in [6.45, 7) is 7.21. The van der Waals surface area contributed by atoms with Gasteiger partial charge in [0.15, 0.2) is 0 Å². The summed E-state index contributed by atoms with van der Waals surface area (Å²) in [7, 11) is 0. The Hall–Kier alpha value is -1.44. The average molecular weight is 161 g/mol. The summed E-state index contributed by atoms with van der Waals surface area (Å²) in [6.07, 6.45) is 1.28. The number of aromatic nitrogens is 1. The second-order valence-corrected chi connectivity index (χ2v) is 2.74. The van der Waals surface area contributed by atoms with E-state index in [0.717, 1.165) is 11.3 Å². The molecule has 0 saturated heterocycles. The molecule has 0 spiro atoms. The van der Waals surface area contributed by atoms with Crippen molar-refractivity contribution >= 4 is 5.78 Å². The molecule has 1 heterocycles. The maximum absolute atomic E-state index is 11.1. The van der Waals surface area contributed by atoms with Crippen LogP contribution < -0.4 is 0 Å². The van der Waals surface area contributed by atoms with Crippen molar-refractivity contribution in [2.24, 2.45) is 0 Å². The molecule has 1 aromatic heterocycles. The maximum Gasteiger partial charge on any atom is 0.203 e. The number of ketones is 1. The highest BCUT2D eigenvalue weighted by atomic mass is 16.1. The summed E-state index contributed by atoms with van der Waals surface area (Å²) in [4.78, 5) is 15.2. The van der Waals surface area contributed by atoms with E-state index in [-0.39, 0.29) is 5.78 Å². The molecule has 0 aliphatic heterocycles. The number of hydrogen-bond acceptors (Lipinski definition) is 2. The van der Waals surface area contributed by atoms with Crippen LogP contribution in [-0.4, -0.2) is 10.8 Å². The summed E-state index contributed by atoms with van der Waals surface area (Å²) in [5.41, 5.74) is 2.38. The lowest BCUT2D eigenvalue weighted by atomic mass is 10.1. The quantitative estimate of drug-likeness (QED) is 0.491. The van der Waals surface area contributed by atoms with Crippen molar-refractivity contribution in [3.8, 4) is 0 Å². The van der Waals surface area contributed by atoms with Crippen LogP contribution in [0, 0.1) is 13.8 Å². The van der Waals surface area contributed by atoms with Crippen LogP contribution in [-0.2, 0) is 0 Å². The third-order valence-corrected chi connectivity index (χ3v) is 1.54. The molecular weight excluding hydrogens is 150 g/mol. The van der Waals surface area contributed by atoms with Gasteiger partial charge in [0.2, 0.25) is 5.78 Å². The van der Waals surface area contributed by atoms with Crippen molar-refractivity contribution in [1.82, 2.24) is 4.98 Å². The number of nitrogens with zero attached hydrogens (tertiary/aromatic N) is 1. The van der Waals surface area contributed by atoms with Crippen molar-refractivity contribution in [2.45, 2.75) is 13.8 Å². The Morgan fingerprint density at radius 3 is 2.67 bits per heavy atom. The minimum absolute atomic E-state index is 0.123. The van der Waals surface area contributed by atoms with Crippen molar-refractivity contribution in [3.05, 3.63) is 41.7 Å². The van der Waals surface area contributed by atoms with E-state index in [2.05, 4.69) is 11.6 Å². The molecule has 2 heteroatoms. The van der Waals surface area contributed by atoms with E-state index < -0.39 is 0 Å². The van der Waals surface area contributed by atoms with Gasteiger partial charge in [-0.25, -0.2) is 4.98 Å². The Kier molecular flexibility index (Phi) is 2.38. The van der Waals surface area contributed by atoms with Gasteiger partial charge in [-0.2, -0.15) is 0 Å². The van der Waals surface area contributed by atoms with Gasteiger partial charge in [0.25, 0.3) is 0 Å². The zero-order valence-electron chi connectivity index (χ0n) is 7.29. The van der Waals surface area contributed by atoms with Gasteiger partial charge in [-0.3, -0.25) is 4.79 Å². The monoisotopic (exact) mass is 161 g/mol. The number of pyridine rings is 1. The molecule has 1 rings (SSSR count). The predicted molar refractivity (Wildman–Crippen MR) is 48.2 cm³/mol. The van der Waals surface area contributed by atoms with E-state index in [1.54, 1.807) is 6.07 Å². The van der Waals surface area contributed by atoms with Gasteiger partial charge in [-0.15, -0.1) is 0 Å². The van der Waals surface area contributed by atoms with E-state index in [4.69, 9.17) is 0 Å². The van der Waals surface area contributed by atoms with Crippen LogP contribution in [0.15, 0.2) is 24.8 Å². The second-order valence-electron chi connectivity index (χ2n) is 2.74. The topological polar surface area (TPSA) is 30.0 Å². The van der Waals surface area contributed by atoms with Gasteiger partial charge in [-0.05, 0) is 37.6 Å². The van der Waals surface area contributed by atoms with Crippen LogP contribution in [0.4, 0.5) is 0 Å². The summed E-state index contributed by atoms with van der Waals surface area (Å²) in [6, 6.07) is 3.69. The highest BCUT2D eigenvalue weighted by molar-refractivity contribution is 6.02. The Morgan fingerprint density at radius 2 is 2.17 bits per heavy atom. The SMILES string of the molecule is C=CC(=O)c1cc(C)cc(C)n1. The van der Waals surface area contributed by atoms with E-state index >= 15 is 0 Å². The first-order valence-electron chi connectivity index (χ1n) is 3.75. The third kappa shape index (κ3) is 1.78. The summed E-state index contributed by atoms with van der Waals surface area (Å²) >= 11 is 0. The van der Waals surface area contributed by atoms with Gasteiger partial charge in [0, 0.05) is 5.69 Å². The minimum atomic E-state index is -0.123. The van der Waals surface area contributed by atoms with Crippen LogP contribution in [0.1, 0.15) is 21.7 Å². The van der Waals surface area contributed by atoms with E-state index in [1.165, 1.54) is 6.08 Å². The molecule has 0 fully saturated rings. The molecular formula is C10H11NO. The van der Waals surface area contributed by atoms with Gasteiger partial charge in [-0.1, -0.05) is 6.58 Å². The van der Waals surface area contributed by atoms with E-state index in [9.17, 15) is 4.79 Å². The van der Waals surface area contributed by atoms with Gasteiger partial charge >= 0.3 is 0 Å². The van der Waals surface area contributed by atoms with Crippen molar-refractivity contribution in [1.29, 1.82) is 0 Å². The molecule has 0 bridgehead atoms. The number of rotatable bonds is 2. The fourth-order valence-corrected chi connectivity index (χ4v) is 1.07. The summed E-state index contributed by atoms with van der Waals surface area (Å²) < 4.78 is 0.